The zero-order valence-corrected chi connectivity index (χ0v) is 16.5. The van der Waals surface area contributed by atoms with Gasteiger partial charge >= 0.3 is 0 Å². The second-order valence-electron chi connectivity index (χ2n) is 7.59. The van der Waals surface area contributed by atoms with Crippen molar-refractivity contribution in [3.8, 4) is 0 Å². The molecule has 2 saturated heterocycles. The number of hydrogen-bond acceptors (Lipinski definition) is 3. The maximum absolute atomic E-state index is 12.8. The summed E-state index contributed by atoms with van der Waals surface area (Å²) in [5.74, 6) is -0.305. The SMILES string of the molecule is CC(C)N1CC(C(=O)N2CCC(NC(=O)c3ccccc3Cl)CC2)CC1=O. The number of nitrogens with zero attached hydrogens (tertiary/aromatic N) is 2. The third-order valence-electron chi connectivity index (χ3n) is 5.39. The van der Waals surface area contributed by atoms with Gasteiger partial charge in [-0.05, 0) is 38.8 Å². The summed E-state index contributed by atoms with van der Waals surface area (Å²) in [6.45, 7) is 5.64. The highest BCUT2D eigenvalue weighted by Crippen LogP contribution is 2.24. The summed E-state index contributed by atoms with van der Waals surface area (Å²) >= 11 is 6.07. The van der Waals surface area contributed by atoms with Crippen LogP contribution in [0, 0.1) is 5.92 Å². The van der Waals surface area contributed by atoms with Gasteiger partial charge in [-0.3, -0.25) is 14.4 Å². The third kappa shape index (κ3) is 4.43. The van der Waals surface area contributed by atoms with Crippen molar-refractivity contribution in [2.45, 2.75) is 45.2 Å². The van der Waals surface area contributed by atoms with Gasteiger partial charge in [-0.1, -0.05) is 23.7 Å². The molecule has 1 aromatic carbocycles. The van der Waals surface area contributed by atoms with Crippen molar-refractivity contribution in [2.24, 2.45) is 5.92 Å². The van der Waals surface area contributed by atoms with E-state index in [1.54, 1.807) is 29.2 Å². The van der Waals surface area contributed by atoms with Gasteiger partial charge in [-0.2, -0.15) is 0 Å². The van der Waals surface area contributed by atoms with Crippen LogP contribution in [0.4, 0.5) is 0 Å². The largest absolute Gasteiger partial charge is 0.349 e. The first-order valence-corrected chi connectivity index (χ1v) is 9.88. The quantitative estimate of drug-likeness (QED) is 0.856. The molecule has 2 aliphatic rings. The van der Waals surface area contributed by atoms with E-state index in [-0.39, 0.29) is 35.7 Å². The lowest BCUT2D eigenvalue weighted by Crippen LogP contribution is -2.48. The summed E-state index contributed by atoms with van der Waals surface area (Å²) in [5.41, 5.74) is 0.468. The Morgan fingerprint density at radius 3 is 2.44 bits per heavy atom. The van der Waals surface area contributed by atoms with Crippen LogP contribution in [0.1, 0.15) is 43.5 Å². The average molecular weight is 392 g/mol. The number of nitrogens with one attached hydrogen (secondary N) is 1. The summed E-state index contributed by atoms with van der Waals surface area (Å²) in [4.78, 5) is 40.8. The fourth-order valence-electron chi connectivity index (χ4n) is 3.81. The summed E-state index contributed by atoms with van der Waals surface area (Å²) in [5, 5.41) is 3.44. The Balaban J connectivity index is 1.50. The molecule has 0 saturated carbocycles. The number of carbonyl (C=O) groups excluding carboxylic acids is 3. The molecule has 2 aliphatic heterocycles. The lowest BCUT2D eigenvalue weighted by molar-refractivity contribution is -0.136. The van der Waals surface area contributed by atoms with E-state index < -0.39 is 0 Å². The predicted octanol–water partition coefficient (Wildman–Crippen LogP) is 2.32. The Morgan fingerprint density at radius 1 is 1.19 bits per heavy atom. The molecule has 6 nitrogen and oxygen atoms in total. The molecular formula is C20H26ClN3O3. The molecule has 1 N–H and O–H groups in total. The molecule has 146 valence electrons. The molecule has 0 bridgehead atoms. The van der Waals surface area contributed by atoms with Crippen LogP contribution >= 0.6 is 11.6 Å². The maximum Gasteiger partial charge on any atom is 0.253 e. The van der Waals surface area contributed by atoms with Crippen LogP contribution in [-0.4, -0.2) is 59.2 Å². The molecule has 27 heavy (non-hydrogen) atoms. The zero-order chi connectivity index (χ0) is 19.6. The van der Waals surface area contributed by atoms with Crippen molar-refractivity contribution in [3.05, 3.63) is 34.9 Å². The minimum Gasteiger partial charge on any atom is -0.349 e. The van der Waals surface area contributed by atoms with Gasteiger partial charge in [-0.15, -0.1) is 0 Å². The topological polar surface area (TPSA) is 69.7 Å². The smallest absolute Gasteiger partial charge is 0.253 e. The number of piperidine rings is 1. The van der Waals surface area contributed by atoms with Crippen LogP contribution in [0.15, 0.2) is 24.3 Å². The first kappa shape index (κ1) is 19.7. The number of carbonyl (C=O) groups is 3. The van der Waals surface area contributed by atoms with E-state index in [0.717, 1.165) is 0 Å². The first-order chi connectivity index (χ1) is 12.9. The van der Waals surface area contributed by atoms with Crippen molar-refractivity contribution < 1.29 is 14.4 Å². The van der Waals surface area contributed by atoms with E-state index in [1.165, 1.54) is 0 Å². The minimum absolute atomic E-state index is 0.0233. The summed E-state index contributed by atoms with van der Waals surface area (Å²) in [6.07, 6.45) is 1.72. The van der Waals surface area contributed by atoms with E-state index in [1.807, 2.05) is 18.7 Å². The maximum atomic E-state index is 12.8. The first-order valence-electron chi connectivity index (χ1n) is 9.50. The second kappa shape index (κ2) is 8.30. The lowest BCUT2D eigenvalue weighted by Gasteiger charge is -2.34. The van der Waals surface area contributed by atoms with E-state index >= 15 is 0 Å². The Morgan fingerprint density at radius 2 is 1.85 bits per heavy atom. The normalized spacial score (nSPS) is 21.0. The van der Waals surface area contributed by atoms with Gasteiger partial charge in [0.1, 0.15) is 0 Å². The number of likely N-dealkylation sites (tertiary alicyclic amines) is 2. The highest BCUT2D eigenvalue weighted by Gasteiger charge is 2.38. The molecule has 7 heteroatoms. The highest BCUT2D eigenvalue weighted by molar-refractivity contribution is 6.33. The van der Waals surface area contributed by atoms with E-state index in [0.29, 0.717) is 49.5 Å². The van der Waals surface area contributed by atoms with Crippen LogP contribution in [0.5, 0.6) is 0 Å². The number of hydrogen-bond donors (Lipinski definition) is 1. The summed E-state index contributed by atoms with van der Waals surface area (Å²) in [6, 6.07) is 7.12. The van der Waals surface area contributed by atoms with E-state index in [2.05, 4.69) is 5.32 Å². The molecule has 0 spiro atoms. The monoisotopic (exact) mass is 391 g/mol. The average Bonchev–Trinajstić information content (AvgIpc) is 3.04. The molecule has 2 heterocycles. The number of amides is 3. The molecule has 0 aromatic heterocycles. The molecule has 3 rings (SSSR count). The van der Waals surface area contributed by atoms with Gasteiger partial charge in [0.25, 0.3) is 5.91 Å². The van der Waals surface area contributed by atoms with Gasteiger partial charge < -0.3 is 15.1 Å². The van der Waals surface area contributed by atoms with Crippen molar-refractivity contribution >= 4 is 29.3 Å². The molecule has 1 atom stereocenters. The standard InChI is InChI=1S/C20H26ClN3O3/c1-13(2)24-12-14(11-18(24)25)20(27)23-9-7-15(8-10-23)22-19(26)16-5-3-4-6-17(16)21/h3-6,13-15H,7-12H2,1-2H3,(H,22,26). The fraction of sp³-hybridized carbons (Fsp3) is 0.550. The molecular weight excluding hydrogens is 366 g/mol. The fourth-order valence-corrected chi connectivity index (χ4v) is 4.03. The van der Waals surface area contributed by atoms with Crippen LogP contribution in [0.2, 0.25) is 5.02 Å². The Hall–Kier alpha value is -2.08. The Labute approximate surface area is 164 Å². The van der Waals surface area contributed by atoms with E-state index in [4.69, 9.17) is 11.6 Å². The molecule has 2 fully saturated rings. The van der Waals surface area contributed by atoms with Gasteiger partial charge in [0.05, 0.1) is 16.5 Å². The van der Waals surface area contributed by atoms with E-state index in [9.17, 15) is 14.4 Å². The van der Waals surface area contributed by atoms with Gasteiger partial charge in [0, 0.05) is 38.1 Å². The lowest BCUT2D eigenvalue weighted by atomic mass is 10.0. The molecule has 1 aromatic rings. The Bertz CT molecular complexity index is 729. The van der Waals surface area contributed by atoms with Gasteiger partial charge in [0.15, 0.2) is 0 Å². The summed E-state index contributed by atoms with van der Waals surface area (Å²) < 4.78 is 0. The van der Waals surface area contributed by atoms with Crippen molar-refractivity contribution in [3.63, 3.8) is 0 Å². The minimum atomic E-state index is -0.242. The van der Waals surface area contributed by atoms with Crippen molar-refractivity contribution in [1.29, 1.82) is 0 Å². The van der Waals surface area contributed by atoms with Crippen LogP contribution in [-0.2, 0) is 9.59 Å². The highest BCUT2D eigenvalue weighted by atomic mass is 35.5. The van der Waals surface area contributed by atoms with Crippen molar-refractivity contribution in [1.82, 2.24) is 15.1 Å². The summed E-state index contributed by atoms with van der Waals surface area (Å²) in [7, 11) is 0. The number of rotatable bonds is 4. The third-order valence-corrected chi connectivity index (χ3v) is 5.72. The molecule has 0 radical (unpaired) electrons. The second-order valence-corrected chi connectivity index (χ2v) is 8.00. The van der Waals surface area contributed by atoms with Crippen LogP contribution in [0.25, 0.3) is 0 Å². The zero-order valence-electron chi connectivity index (χ0n) is 15.8. The number of benzene rings is 1. The van der Waals surface area contributed by atoms with Crippen LogP contribution in [0.3, 0.4) is 0 Å². The van der Waals surface area contributed by atoms with Gasteiger partial charge in [0.2, 0.25) is 11.8 Å². The molecule has 3 amide bonds. The predicted molar refractivity (Wildman–Crippen MR) is 103 cm³/mol. The van der Waals surface area contributed by atoms with Crippen molar-refractivity contribution in [2.75, 3.05) is 19.6 Å². The van der Waals surface area contributed by atoms with Gasteiger partial charge in [-0.25, -0.2) is 0 Å². The molecule has 1 unspecified atom stereocenters. The number of halogens is 1. The Kier molecular flexibility index (Phi) is 6.05. The van der Waals surface area contributed by atoms with Crippen LogP contribution < -0.4 is 5.32 Å². The molecule has 0 aliphatic carbocycles.